The average Bonchev–Trinajstić information content (AvgIpc) is 2.11. The van der Waals surface area contributed by atoms with Crippen LogP contribution in [0.5, 0.6) is 0 Å². The van der Waals surface area contributed by atoms with Crippen molar-refractivity contribution in [1.82, 2.24) is 0 Å². The van der Waals surface area contributed by atoms with E-state index in [1.165, 1.54) is 4.81 Å². The Morgan fingerprint density at radius 2 is 2.20 bits per heavy atom. The molecule has 0 fully saturated rings. The third-order valence-electron chi connectivity index (χ3n) is 1.03. The van der Waals surface area contributed by atoms with Gasteiger partial charge in [-0.25, -0.2) is 0 Å². The fraction of sp³-hybridized carbons (Fsp3) is 0.667. The summed E-state index contributed by atoms with van der Waals surface area (Å²) >= 11 is 0. The third kappa shape index (κ3) is 1.26. The zero-order valence-corrected chi connectivity index (χ0v) is 6.46. The molecule has 0 amide bonds. The standard InChI is InChI=1S/C6H11N3O/c1-5-7-9(8-10-5)6(2,3)4/h1H2,2-4H3. The highest BCUT2D eigenvalue weighted by Crippen LogP contribution is 2.22. The lowest BCUT2D eigenvalue weighted by Crippen LogP contribution is -2.26. The van der Waals surface area contributed by atoms with E-state index < -0.39 is 0 Å². The Labute approximate surface area is 60.1 Å². The van der Waals surface area contributed by atoms with Crippen molar-refractivity contribution in [3.63, 3.8) is 0 Å². The summed E-state index contributed by atoms with van der Waals surface area (Å²) in [5, 5.41) is 3.66. The normalized spacial score (nSPS) is 17.9. The Kier molecular flexibility index (Phi) is 1.39. The summed E-state index contributed by atoms with van der Waals surface area (Å²) in [6.45, 7) is 9.46. The van der Waals surface area contributed by atoms with E-state index >= 15 is 0 Å². The first-order valence-electron chi connectivity index (χ1n) is 3.09. The van der Waals surface area contributed by atoms with Crippen molar-refractivity contribution in [3.05, 3.63) is 17.9 Å². The summed E-state index contributed by atoms with van der Waals surface area (Å²) in [5.74, 6) is 0.343. The Morgan fingerprint density at radius 3 is 2.40 bits per heavy atom. The maximum absolute atomic E-state index is 4.68. The van der Waals surface area contributed by atoms with Gasteiger partial charge in [0.25, 0.3) is 0 Å². The monoisotopic (exact) mass is 141 g/mol. The Bertz CT molecular complexity index is 190. The lowest BCUT2D eigenvalue weighted by molar-refractivity contribution is -0.615. The molecule has 0 radical (unpaired) electrons. The minimum absolute atomic E-state index is 0.126. The molecule has 56 valence electrons. The van der Waals surface area contributed by atoms with Gasteiger partial charge < -0.3 is 4.84 Å². The van der Waals surface area contributed by atoms with E-state index in [-0.39, 0.29) is 5.54 Å². The van der Waals surface area contributed by atoms with E-state index in [1.54, 1.807) is 0 Å². The molecule has 1 heterocycles. The summed E-state index contributed by atoms with van der Waals surface area (Å²) in [4.78, 5) is 6.18. The van der Waals surface area contributed by atoms with Gasteiger partial charge in [-0.15, -0.1) is 10.2 Å². The molecule has 0 aromatic heterocycles. The fourth-order valence-electron chi connectivity index (χ4n) is 0.500. The van der Waals surface area contributed by atoms with Crippen LogP contribution in [0.4, 0.5) is 0 Å². The van der Waals surface area contributed by atoms with E-state index in [0.717, 1.165) is 0 Å². The van der Waals surface area contributed by atoms with E-state index in [1.807, 2.05) is 20.8 Å². The van der Waals surface area contributed by atoms with Crippen LogP contribution in [-0.4, -0.2) is 10.3 Å². The van der Waals surface area contributed by atoms with Crippen LogP contribution in [0.2, 0.25) is 0 Å². The van der Waals surface area contributed by atoms with Gasteiger partial charge in [0.1, 0.15) is 0 Å². The fourth-order valence-corrected chi connectivity index (χ4v) is 0.500. The van der Waals surface area contributed by atoms with Crippen LogP contribution in [0.15, 0.2) is 17.7 Å². The van der Waals surface area contributed by atoms with Crippen LogP contribution >= 0.6 is 0 Å². The van der Waals surface area contributed by atoms with Gasteiger partial charge in [0.05, 0.1) is 0 Å². The molecule has 1 aliphatic heterocycles. The predicted molar refractivity (Wildman–Crippen MR) is 36.0 cm³/mol. The first-order valence-corrected chi connectivity index (χ1v) is 3.09. The van der Waals surface area contributed by atoms with Crippen molar-refractivity contribution in [2.24, 2.45) is 5.28 Å². The minimum Gasteiger partial charge on any atom is -0.406 e. The van der Waals surface area contributed by atoms with Crippen LogP contribution in [0.1, 0.15) is 20.8 Å². The number of hydrogen-bond acceptors (Lipinski definition) is 2. The average molecular weight is 141 g/mol. The highest BCUT2D eigenvalue weighted by atomic mass is 16.7. The summed E-state index contributed by atoms with van der Waals surface area (Å²) in [5.41, 5.74) is 3.78. The van der Waals surface area contributed by atoms with Crippen molar-refractivity contribution in [3.8, 4) is 0 Å². The van der Waals surface area contributed by atoms with Gasteiger partial charge in [0.15, 0.2) is 11.4 Å². The molecular formula is C6H11N3O. The molecule has 0 unspecified atom stereocenters. The number of hydrogen-bond donors (Lipinski definition) is 0. The summed E-state index contributed by atoms with van der Waals surface area (Å²) in [7, 11) is 0. The summed E-state index contributed by atoms with van der Waals surface area (Å²) in [6.07, 6.45) is 0. The van der Waals surface area contributed by atoms with Crippen molar-refractivity contribution >= 4 is 0 Å². The Morgan fingerprint density at radius 1 is 1.60 bits per heavy atom. The molecule has 1 rings (SSSR count). The lowest BCUT2D eigenvalue weighted by Gasteiger charge is -2.13. The molecule has 0 atom stereocenters. The van der Waals surface area contributed by atoms with Crippen LogP contribution in [0.25, 0.3) is 5.43 Å². The molecule has 0 N–H and O–H groups in total. The number of nitrogens with zero attached hydrogens (tertiary/aromatic N) is 3. The first kappa shape index (κ1) is 7.05. The smallest absolute Gasteiger partial charge is 0.176 e. The Balaban J connectivity index is 2.69. The maximum Gasteiger partial charge on any atom is 0.176 e. The van der Waals surface area contributed by atoms with Gasteiger partial charge in [-0.05, 0) is 5.28 Å². The van der Waals surface area contributed by atoms with Crippen molar-refractivity contribution in [1.29, 1.82) is 0 Å². The van der Waals surface area contributed by atoms with Crippen LogP contribution in [-0.2, 0) is 4.84 Å². The second kappa shape index (κ2) is 1.97. The maximum atomic E-state index is 4.68. The van der Waals surface area contributed by atoms with E-state index in [2.05, 4.69) is 22.1 Å². The molecule has 0 saturated heterocycles. The zero-order valence-electron chi connectivity index (χ0n) is 6.46. The predicted octanol–water partition coefficient (Wildman–Crippen LogP) is 1.95. The van der Waals surface area contributed by atoms with Gasteiger partial charge in [-0.2, -0.15) is 0 Å². The second-order valence-electron chi connectivity index (χ2n) is 3.13. The molecule has 0 aromatic rings. The summed E-state index contributed by atoms with van der Waals surface area (Å²) < 4.78 is 0. The molecule has 4 nitrogen and oxygen atoms in total. The van der Waals surface area contributed by atoms with Crippen molar-refractivity contribution in [2.75, 3.05) is 0 Å². The molecule has 0 aromatic carbocycles. The van der Waals surface area contributed by atoms with Gasteiger partial charge >= 0.3 is 0 Å². The third-order valence-corrected chi connectivity index (χ3v) is 1.03. The number of rotatable bonds is 0. The van der Waals surface area contributed by atoms with Gasteiger partial charge in [-0.3, -0.25) is 0 Å². The zero-order chi connectivity index (χ0) is 7.78. The van der Waals surface area contributed by atoms with Crippen LogP contribution in [0, 0.1) is 0 Å². The topological polar surface area (TPSA) is 38.7 Å². The van der Waals surface area contributed by atoms with Gasteiger partial charge in [0, 0.05) is 20.8 Å². The molecule has 4 heteroatoms. The quantitative estimate of drug-likeness (QED) is 0.475. The van der Waals surface area contributed by atoms with Crippen LogP contribution < -0.4 is 0 Å². The van der Waals surface area contributed by atoms with Crippen molar-refractivity contribution in [2.45, 2.75) is 26.3 Å². The van der Waals surface area contributed by atoms with Crippen molar-refractivity contribution < 1.29 is 9.64 Å². The largest absolute Gasteiger partial charge is 0.406 e. The molecule has 10 heavy (non-hydrogen) atoms. The van der Waals surface area contributed by atoms with Gasteiger partial charge in [-0.1, -0.05) is 6.58 Å². The molecule has 0 saturated carbocycles. The highest BCUT2D eigenvalue weighted by Gasteiger charge is 2.25. The molecule has 1 aliphatic rings. The minimum atomic E-state index is -0.126. The molecule has 0 aliphatic carbocycles. The second-order valence-corrected chi connectivity index (χ2v) is 3.13. The molecule has 0 spiro atoms. The first-order chi connectivity index (χ1) is 4.50. The Hall–Kier alpha value is -1.06. The SMILES string of the molecule is C=C1[N-][N+](C(C)(C)C)=NO1. The summed E-state index contributed by atoms with van der Waals surface area (Å²) in [6, 6.07) is 0. The van der Waals surface area contributed by atoms with E-state index in [4.69, 9.17) is 0 Å². The van der Waals surface area contributed by atoms with Gasteiger partial charge in [0.2, 0.25) is 0 Å². The van der Waals surface area contributed by atoms with E-state index in [9.17, 15) is 0 Å². The van der Waals surface area contributed by atoms with E-state index in [0.29, 0.717) is 5.88 Å². The molecule has 0 bridgehead atoms. The highest BCUT2D eigenvalue weighted by molar-refractivity contribution is 4.96. The van der Waals surface area contributed by atoms with Crippen LogP contribution in [0.3, 0.4) is 0 Å². The lowest BCUT2D eigenvalue weighted by atomic mass is 10.1. The molecular weight excluding hydrogens is 130 g/mol.